The van der Waals surface area contributed by atoms with Gasteiger partial charge in [-0.15, -0.1) is 11.3 Å². The van der Waals surface area contributed by atoms with E-state index >= 15 is 0 Å². The number of ether oxygens (including phenoxy) is 1. The minimum Gasteiger partial charge on any atom is -0.453 e. The first kappa shape index (κ1) is 14.5. The number of carbonyl (C=O) groups is 2. The van der Waals surface area contributed by atoms with Gasteiger partial charge in [-0.05, 0) is 12.1 Å². The van der Waals surface area contributed by atoms with Gasteiger partial charge in [0.05, 0.1) is 0 Å². The number of aromatic nitrogens is 1. The van der Waals surface area contributed by atoms with E-state index < -0.39 is 0 Å². The molecule has 0 bridgehead atoms. The van der Waals surface area contributed by atoms with Crippen LogP contribution < -0.4 is 4.74 Å². The smallest absolute Gasteiger partial charge is 0.240 e. The molecule has 24 heavy (non-hydrogen) atoms. The van der Waals surface area contributed by atoms with Crippen molar-refractivity contribution in [3.8, 4) is 16.3 Å². The molecule has 0 unspecified atom stereocenters. The molecule has 2 aromatic carbocycles. The van der Waals surface area contributed by atoms with Crippen LogP contribution in [0.3, 0.4) is 0 Å². The zero-order valence-corrected chi connectivity index (χ0v) is 13.2. The van der Waals surface area contributed by atoms with Crippen molar-refractivity contribution in [3.05, 3.63) is 83.1 Å². The van der Waals surface area contributed by atoms with Crippen LogP contribution in [0.4, 0.5) is 0 Å². The first-order valence-corrected chi connectivity index (χ1v) is 8.14. The largest absolute Gasteiger partial charge is 0.453 e. The minimum absolute atomic E-state index is 0.0296. The first-order chi connectivity index (χ1) is 11.7. The van der Waals surface area contributed by atoms with Gasteiger partial charge in [-0.3, -0.25) is 9.59 Å². The Morgan fingerprint density at radius 2 is 1.54 bits per heavy atom. The van der Waals surface area contributed by atoms with E-state index in [1.54, 1.807) is 24.3 Å². The van der Waals surface area contributed by atoms with E-state index in [9.17, 15) is 9.59 Å². The molecule has 0 aliphatic heterocycles. The van der Waals surface area contributed by atoms with E-state index in [1.807, 2.05) is 36.4 Å². The van der Waals surface area contributed by atoms with E-state index in [4.69, 9.17) is 4.74 Å². The maximum Gasteiger partial charge on any atom is 0.240 e. The van der Waals surface area contributed by atoms with Gasteiger partial charge in [0.15, 0.2) is 5.76 Å². The Kier molecular flexibility index (Phi) is 3.55. The number of para-hydroxylation sites is 1. The highest BCUT2D eigenvalue weighted by molar-refractivity contribution is 7.17. The van der Waals surface area contributed by atoms with Gasteiger partial charge in [-0.25, -0.2) is 4.98 Å². The molecule has 4 rings (SSSR count). The van der Waals surface area contributed by atoms with E-state index in [0.29, 0.717) is 15.6 Å². The first-order valence-electron chi connectivity index (χ1n) is 7.32. The number of nitrogens with zero attached hydrogens (tertiary/aromatic N) is 1. The summed E-state index contributed by atoms with van der Waals surface area (Å²) in [6.07, 6.45) is 1.21. The molecule has 0 amide bonds. The van der Waals surface area contributed by atoms with Gasteiger partial charge in [0, 0.05) is 11.6 Å². The van der Waals surface area contributed by atoms with Crippen LogP contribution in [0.1, 0.15) is 20.2 Å². The standard InChI is InChI=1S/C19H11NO3S/c21-14-11-15(23-13-9-5-2-6-10-13)17(22)18-16(14)20-19(24-18)12-7-3-1-4-8-12/h1-11H. The normalized spacial score (nSPS) is 13.4. The van der Waals surface area contributed by atoms with Crippen LogP contribution in [0.15, 0.2) is 72.5 Å². The second-order valence-electron chi connectivity index (χ2n) is 5.18. The number of fused-ring (bicyclic) bond motifs is 1. The van der Waals surface area contributed by atoms with E-state index in [-0.39, 0.29) is 23.0 Å². The highest BCUT2D eigenvalue weighted by Crippen LogP contribution is 2.33. The van der Waals surface area contributed by atoms with E-state index in [2.05, 4.69) is 4.98 Å². The van der Waals surface area contributed by atoms with Crippen molar-refractivity contribution >= 4 is 22.9 Å². The van der Waals surface area contributed by atoms with Gasteiger partial charge in [0.2, 0.25) is 11.6 Å². The fraction of sp³-hybridized carbons (Fsp3) is 0. The molecule has 0 N–H and O–H groups in total. The molecule has 0 spiro atoms. The topological polar surface area (TPSA) is 56.3 Å². The summed E-state index contributed by atoms with van der Waals surface area (Å²) in [5, 5.41) is 0.650. The summed E-state index contributed by atoms with van der Waals surface area (Å²) in [7, 11) is 0. The number of rotatable bonds is 3. The van der Waals surface area contributed by atoms with Gasteiger partial charge in [0.25, 0.3) is 0 Å². The Bertz CT molecular complexity index is 959. The molecule has 1 heterocycles. The van der Waals surface area contributed by atoms with Crippen LogP contribution in [-0.2, 0) is 0 Å². The van der Waals surface area contributed by atoms with Gasteiger partial charge < -0.3 is 4.74 Å². The lowest BCUT2D eigenvalue weighted by Crippen LogP contribution is -2.18. The second kappa shape index (κ2) is 5.86. The molecule has 1 aromatic heterocycles. The molecule has 3 aromatic rings. The molecule has 5 heteroatoms. The van der Waals surface area contributed by atoms with Crippen molar-refractivity contribution in [2.75, 3.05) is 0 Å². The number of carbonyl (C=O) groups excluding carboxylic acids is 2. The summed E-state index contributed by atoms with van der Waals surface area (Å²) < 4.78 is 5.58. The van der Waals surface area contributed by atoms with Gasteiger partial charge in [-0.2, -0.15) is 0 Å². The highest BCUT2D eigenvalue weighted by Gasteiger charge is 2.31. The molecule has 116 valence electrons. The number of allylic oxidation sites excluding steroid dienone is 2. The molecule has 0 saturated heterocycles. The molecule has 4 nitrogen and oxygen atoms in total. The maximum absolute atomic E-state index is 12.6. The molecule has 0 atom stereocenters. The third-order valence-electron chi connectivity index (χ3n) is 3.54. The second-order valence-corrected chi connectivity index (χ2v) is 6.18. The third kappa shape index (κ3) is 2.55. The minimum atomic E-state index is -0.312. The fourth-order valence-corrected chi connectivity index (χ4v) is 3.42. The number of thiazole rings is 1. The number of hydrogen-bond acceptors (Lipinski definition) is 5. The molecule has 0 radical (unpaired) electrons. The average molecular weight is 333 g/mol. The van der Waals surface area contributed by atoms with Crippen molar-refractivity contribution < 1.29 is 14.3 Å². The number of Topliss-reactive ketones (excluding diaryl/α,β-unsaturated/α-hetero) is 1. The molecular formula is C19H11NO3S. The van der Waals surface area contributed by atoms with Gasteiger partial charge >= 0.3 is 0 Å². The summed E-state index contributed by atoms with van der Waals surface area (Å²) in [6, 6.07) is 18.4. The monoisotopic (exact) mass is 333 g/mol. The SMILES string of the molecule is O=C1C=C(Oc2ccccc2)C(=O)c2sc(-c3ccccc3)nc21. The fourth-order valence-electron chi connectivity index (χ4n) is 2.40. The Morgan fingerprint density at radius 1 is 0.875 bits per heavy atom. The predicted molar refractivity (Wildman–Crippen MR) is 91.4 cm³/mol. The summed E-state index contributed by atoms with van der Waals surface area (Å²) >= 11 is 1.21. The lowest BCUT2D eigenvalue weighted by atomic mass is 10.1. The van der Waals surface area contributed by atoms with E-state index in [1.165, 1.54) is 17.4 Å². The van der Waals surface area contributed by atoms with E-state index in [0.717, 1.165) is 5.56 Å². The predicted octanol–water partition coefficient (Wildman–Crippen LogP) is 4.15. The lowest BCUT2D eigenvalue weighted by Gasteiger charge is -2.11. The number of ketones is 2. The number of benzene rings is 2. The van der Waals surface area contributed by atoms with Gasteiger partial charge in [-0.1, -0.05) is 48.5 Å². The molecular weight excluding hydrogens is 322 g/mol. The maximum atomic E-state index is 12.6. The quantitative estimate of drug-likeness (QED) is 0.722. The van der Waals surface area contributed by atoms with Gasteiger partial charge in [0.1, 0.15) is 21.3 Å². The molecule has 1 aliphatic carbocycles. The Morgan fingerprint density at radius 3 is 2.25 bits per heavy atom. The Labute approximate surface area is 142 Å². The number of hydrogen-bond donors (Lipinski definition) is 0. The van der Waals surface area contributed by atoms with Crippen molar-refractivity contribution in [3.63, 3.8) is 0 Å². The van der Waals surface area contributed by atoms with Crippen molar-refractivity contribution in [1.29, 1.82) is 0 Å². The van der Waals surface area contributed by atoms with Crippen LogP contribution in [0.2, 0.25) is 0 Å². The zero-order chi connectivity index (χ0) is 16.5. The zero-order valence-electron chi connectivity index (χ0n) is 12.4. The van der Waals surface area contributed by atoms with Crippen molar-refractivity contribution in [2.45, 2.75) is 0 Å². The molecule has 0 saturated carbocycles. The summed E-state index contributed by atoms with van der Waals surface area (Å²) in [6.45, 7) is 0. The van der Waals surface area contributed by atoms with Crippen LogP contribution in [0, 0.1) is 0 Å². The van der Waals surface area contributed by atoms with Crippen LogP contribution in [-0.4, -0.2) is 16.6 Å². The van der Waals surface area contributed by atoms with Crippen LogP contribution >= 0.6 is 11.3 Å². The molecule has 0 fully saturated rings. The Balaban J connectivity index is 1.70. The van der Waals surface area contributed by atoms with Crippen molar-refractivity contribution in [2.24, 2.45) is 0 Å². The molecule has 1 aliphatic rings. The van der Waals surface area contributed by atoms with Crippen molar-refractivity contribution in [1.82, 2.24) is 4.98 Å². The van der Waals surface area contributed by atoms with Crippen LogP contribution in [0.5, 0.6) is 5.75 Å². The Hall–Kier alpha value is -3.05. The summed E-state index contributed by atoms with van der Waals surface area (Å²) in [5.74, 6) is -0.0785. The highest BCUT2D eigenvalue weighted by atomic mass is 32.1. The average Bonchev–Trinajstić information content (AvgIpc) is 3.07. The summed E-state index contributed by atoms with van der Waals surface area (Å²) in [4.78, 5) is 29.6. The van der Waals surface area contributed by atoms with Crippen LogP contribution in [0.25, 0.3) is 10.6 Å². The third-order valence-corrected chi connectivity index (χ3v) is 4.65. The lowest BCUT2D eigenvalue weighted by molar-refractivity contribution is 0.0948. The summed E-state index contributed by atoms with van der Waals surface area (Å²) in [5.41, 5.74) is 1.08.